The zero-order chi connectivity index (χ0) is 16.9. The van der Waals surface area contributed by atoms with Crippen LogP contribution in [0.1, 0.15) is 21.5 Å². The van der Waals surface area contributed by atoms with Gasteiger partial charge in [-0.25, -0.2) is 0 Å². The summed E-state index contributed by atoms with van der Waals surface area (Å²) in [5, 5.41) is 2.69. The van der Waals surface area contributed by atoms with Gasteiger partial charge in [0, 0.05) is 42.9 Å². The molecule has 0 aromatic heterocycles. The summed E-state index contributed by atoms with van der Waals surface area (Å²) in [7, 11) is 1.65. The molecule has 2 aromatic rings. The molecule has 1 aliphatic rings. The minimum absolute atomic E-state index is 0.0887. The van der Waals surface area contributed by atoms with Crippen LogP contribution in [0.3, 0.4) is 0 Å². The van der Waals surface area contributed by atoms with Gasteiger partial charge >= 0.3 is 0 Å². The molecule has 0 aliphatic carbocycles. The van der Waals surface area contributed by atoms with E-state index in [1.165, 1.54) is 17.2 Å². The highest BCUT2D eigenvalue weighted by Gasteiger charge is 2.14. The number of hydrogen-bond acceptors (Lipinski definition) is 3. The van der Waals surface area contributed by atoms with Crippen LogP contribution in [0.25, 0.3) is 5.57 Å². The van der Waals surface area contributed by atoms with Gasteiger partial charge in [-0.3, -0.25) is 4.79 Å². The maximum Gasteiger partial charge on any atom is 0.251 e. The summed E-state index contributed by atoms with van der Waals surface area (Å²) >= 11 is 2.01. The SMILES string of the molecule is C=C(c1ccc(N2CCSCC2)cc1)c1ccccc1C(=O)NC. The largest absolute Gasteiger partial charge is 0.370 e. The first kappa shape index (κ1) is 16.7. The molecule has 124 valence electrons. The molecule has 0 atom stereocenters. The lowest BCUT2D eigenvalue weighted by atomic mass is 9.94. The predicted molar refractivity (Wildman–Crippen MR) is 104 cm³/mol. The first-order valence-corrected chi connectivity index (χ1v) is 9.29. The number of nitrogens with one attached hydrogen (secondary N) is 1. The molecule has 24 heavy (non-hydrogen) atoms. The number of carbonyl (C=O) groups excluding carboxylic acids is 1. The number of nitrogens with zero attached hydrogens (tertiary/aromatic N) is 1. The minimum Gasteiger partial charge on any atom is -0.370 e. The number of rotatable bonds is 4. The molecule has 1 fully saturated rings. The van der Waals surface area contributed by atoms with Crippen LogP contribution in [0.5, 0.6) is 0 Å². The smallest absolute Gasteiger partial charge is 0.251 e. The molecule has 1 heterocycles. The Kier molecular flexibility index (Phi) is 5.26. The van der Waals surface area contributed by atoms with Crippen molar-refractivity contribution < 1.29 is 4.79 Å². The molecule has 3 nitrogen and oxygen atoms in total. The van der Waals surface area contributed by atoms with Gasteiger partial charge in [-0.05, 0) is 34.9 Å². The van der Waals surface area contributed by atoms with E-state index in [1.807, 2.05) is 36.0 Å². The van der Waals surface area contributed by atoms with Crippen LogP contribution >= 0.6 is 11.8 Å². The first-order valence-electron chi connectivity index (χ1n) is 8.14. The zero-order valence-corrected chi connectivity index (χ0v) is 14.7. The molecule has 0 saturated carbocycles. The molecule has 0 unspecified atom stereocenters. The fraction of sp³-hybridized carbons (Fsp3) is 0.250. The molecule has 2 aromatic carbocycles. The van der Waals surface area contributed by atoms with Crippen LogP contribution in [-0.2, 0) is 0 Å². The fourth-order valence-electron chi connectivity index (χ4n) is 2.93. The summed E-state index contributed by atoms with van der Waals surface area (Å²) in [6, 6.07) is 16.1. The molecule has 1 N–H and O–H groups in total. The van der Waals surface area contributed by atoms with E-state index in [1.54, 1.807) is 7.05 Å². The highest BCUT2D eigenvalue weighted by Crippen LogP contribution is 2.27. The second kappa shape index (κ2) is 7.58. The third kappa shape index (κ3) is 3.49. The molecule has 0 radical (unpaired) electrons. The van der Waals surface area contributed by atoms with Crippen molar-refractivity contribution >= 4 is 28.9 Å². The van der Waals surface area contributed by atoms with Crippen molar-refractivity contribution in [3.05, 3.63) is 71.8 Å². The lowest BCUT2D eigenvalue weighted by Gasteiger charge is -2.28. The molecule has 1 saturated heterocycles. The molecule has 1 amide bonds. The highest BCUT2D eigenvalue weighted by molar-refractivity contribution is 7.99. The molecule has 0 bridgehead atoms. The fourth-order valence-corrected chi connectivity index (χ4v) is 3.83. The zero-order valence-electron chi connectivity index (χ0n) is 13.9. The van der Waals surface area contributed by atoms with Crippen molar-refractivity contribution in [3.8, 4) is 0 Å². The second-order valence-corrected chi connectivity index (χ2v) is 6.97. The number of hydrogen-bond donors (Lipinski definition) is 1. The summed E-state index contributed by atoms with van der Waals surface area (Å²) < 4.78 is 0. The van der Waals surface area contributed by atoms with Gasteiger partial charge in [-0.2, -0.15) is 11.8 Å². The molecule has 3 rings (SSSR count). The van der Waals surface area contributed by atoms with Crippen LogP contribution in [0.15, 0.2) is 55.1 Å². The summed E-state index contributed by atoms with van der Waals surface area (Å²) in [4.78, 5) is 14.5. The lowest BCUT2D eigenvalue weighted by molar-refractivity contribution is 0.0963. The molecule has 0 spiro atoms. The second-order valence-electron chi connectivity index (χ2n) is 5.75. The van der Waals surface area contributed by atoms with E-state index in [9.17, 15) is 4.79 Å². The third-order valence-corrected chi connectivity index (χ3v) is 5.26. The van der Waals surface area contributed by atoms with Gasteiger partial charge in [-0.15, -0.1) is 0 Å². The summed E-state index contributed by atoms with van der Waals surface area (Å²) in [5.41, 5.74) is 4.70. The van der Waals surface area contributed by atoms with Crippen LogP contribution in [0.2, 0.25) is 0 Å². The van der Waals surface area contributed by atoms with Gasteiger partial charge in [0.05, 0.1) is 0 Å². The van der Waals surface area contributed by atoms with Crippen molar-refractivity contribution in [2.24, 2.45) is 0 Å². The number of thioether (sulfide) groups is 1. The van der Waals surface area contributed by atoms with E-state index < -0.39 is 0 Å². The van der Waals surface area contributed by atoms with Crippen LogP contribution in [-0.4, -0.2) is 37.6 Å². The predicted octanol–water partition coefficient (Wildman–Crippen LogP) is 3.66. The topological polar surface area (TPSA) is 32.3 Å². The van der Waals surface area contributed by atoms with Gasteiger partial charge < -0.3 is 10.2 Å². The van der Waals surface area contributed by atoms with E-state index in [-0.39, 0.29) is 5.91 Å². The first-order chi connectivity index (χ1) is 11.7. The average Bonchev–Trinajstić information content (AvgIpc) is 2.67. The van der Waals surface area contributed by atoms with Crippen molar-refractivity contribution in [1.29, 1.82) is 0 Å². The Hall–Kier alpha value is -2.20. The highest BCUT2D eigenvalue weighted by atomic mass is 32.2. The quantitative estimate of drug-likeness (QED) is 0.923. The van der Waals surface area contributed by atoms with E-state index >= 15 is 0 Å². The molecule has 4 heteroatoms. The molecule has 1 aliphatic heterocycles. The number of anilines is 1. The van der Waals surface area contributed by atoms with Crippen LogP contribution in [0.4, 0.5) is 5.69 Å². The van der Waals surface area contributed by atoms with Gasteiger partial charge in [-0.1, -0.05) is 36.9 Å². The van der Waals surface area contributed by atoms with Crippen LogP contribution < -0.4 is 10.2 Å². The normalized spacial score (nSPS) is 14.3. The Balaban J connectivity index is 1.84. The van der Waals surface area contributed by atoms with Crippen molar-refractivity contribution in [2.45, 2.75) is 0 Å². The van der Waals surface area contributed by atoms with E-state index in [0.717, 1.165) is 29.8 Å². The van der Waals surface area contributed by atoms with Crippen molar-refractivity contribution in [2.75, 3.05) is 36.5 Å². The standard InChI is InChI=1S/C20H22N2OS/c1-15(18-5-3-4-6-19(18)20(23)21-2)16-7-9-17(10-8-16)22-11-13-24-14-12-22/h3-10H,1,11-14H2,2H3,(H,21,23). The minimum atomic E-state index is -0.0887. The van der Waals surface area contributed by atoms with E-state index in [0.29, 0.717) is 5.56 Å². The number of carbonyl (C=O) groups is 1. The molecular formula is C20H22N2OS. The Labute approximate surface area is 147 Å². The van der Waals surface area contributed by atoms with Gasteiger partial charge in [0.25, 0.3) is 5.91 Å². The maximum atomic E-state index is 12.1. The number of amides is 1. The van der Waals surface area contributed by atoms with Crippen molar-refractivity contribution in [3.63, 3.8) is 0 Å². The Bertz CT molecular complexity index is 734. The van der Waals surface area contributed by atoms with E-state index in [2.05, 4.69) is 41.1 Å². The van der Waals surface area contributed by atoms with Gasteiger partial charge in [0.15, 0.2) is 0 Å². The van der Waals surface area contributed by atoms with Crippen molar-refractivity contribution in [1.82, 2.24) is 5.32 Å². The third-order valence-electron chi connectivity index (χ3n) is 4.32. The maximum absolute atomic E-state index is 12.1. The summed E-state index contributed by atoms with van der Waals surface area (Å²) in [5.74, 6) is 2.29. The average molecular weight is 338 g/mol. The monoisotopic (exact) mass is 338 g/mol. The summed E-state index contributed by atoms with van der Waals surface area (Å²) in [6.45, 7) is 6.42. The summed E-state index contributed by atoms with van der Waals surface area (Å²) in [6.07, 6.45) is 0. The van der Waals surface area contributed by atoms with E-state index in [4.69, 9.17) is 0 Å². The van der Waals surface area contributed by atoms with Gasteiger partial charge in [0.2, 0.25) is 0 Å². The van der Waals surface area contributed by atoms with Crippen LogP contribution in [0, 0.1) is 0 Å². The number of benzene rings is 2. The Morgan fingerprint density at radius 3 is 2.29 bits per heavy atom. The van der Waals surface area contributed by atoms with Gasteiger partial charge in [0.1, 0.15) is 0 Å². The molecular weight excluding hydrogens is 316 g/mol. The Morgan fingerprint density at radius 2 is 1.67 bits per heavy atom. The lowest BCUT2D eigenvalue weighted by Crippen LogP contribution is -2.32. The Morgan fingerprint density at radius 1 is 1.04 bits per heavy atom.